The van der Waals surface area contributed by atoms with Gasteiger partial charge in [0.05, 0.1) is 11.4 Å². The number of amides is 1. The maximum atomic E-state index is 12.0. The fourth-order valence-electron chi connectivity index (χ4n) is 1.97. The van der Waals surface area contributed by atoms with E-state index in [9.17, 15) is 9.90 Å². The highest BCUT2D eigenvalue weighted by atomic mass is 79.9. The quantitative estimate of drug-likeness (QED) is 0.497. The van der Waals surface area contributed by atoms with Crippen molar-refractivity contribution in [3.8, 4) is 5.75 Å². The number of phenolic OH excluding ortho intramolecular Hbond substituents is 1. The van der Waals surface area contributed by atoms with Crippen LogP contribution in [-0.4, -0.2) is 16.8 Å². The predicted octanol–water partition coefficient (Wildman–Crippen LogP) is 4.16. The lowest BCUT2D eigenvalue weighted by Crippen LogP contribution is -2.37. The Morgan fingerprint density at radius 1 is 1.17 bits per heavy atom. The number of nitrogens with one attached hydrogen (secondary N) is 2. The van der Waals surface area contributed by atoms with Crippen LogP contribution in [0.5, 0.6) is 5.75 Å². The summed E-state index contributed by atoms with van der Waals surface area (Å²) in [7, 11) is 0. The fraction of sp³-hybridized carbons (Fsp3) is 0.167. The molecule has 0 aliphatic heterocycles. The molecule has 0 radical (unpaired) electrons. The zero-order valence-corrected chi connectivity index (χ0v) is 15.9. The Balaban J connectivity index is 1.84. The van der Waals surface area contributed by atoms with E-state index in [1.807, 2.05) is 13.8 Å². The van der Waals surface area contributed by atoms with Gasteiger partial charge < -0.3 is 5.11 Å². The highest BCUT2D eigenvalue weighted by molar-refractivity contribution is 9.10. The van der Waals surface area contributed by atoms with Crippen LogP contribution in [0.3, 0.4) is 0 Å². The summed E-state index contributed by atoms with van der Waals surface area (Å²) in [5.41, 5.74) is 9.05. The lowest BCUT2D eigenvalue weighted by atomic mass is 10.2. The predicted molar refractivity (Wildman–Crippen MR) is 103 cm³/mol. The zero-order valence-electron chi connectivity index (χ0n) is 13.5. The summed E-state index contributed by atoms with van der Waals surface area (Å²) in [5, 5.41) is 9.27. The molecule has 2 rings (SSSR count). The van der Waals surface area contributed by atoms with E-state index < -0.39 is 0 Å². The van der Waals surface area contributed by atoms with Crippen LogP contribution in [-0.2, 0) is 4.79 Å². The third-order valence-corrected chi connectivity index (χ3v) is 5.40. The molecule has 0 atom stereocenters. The van der Waals surface area contributed by atoms with Gasteiger partial charge in [0, 0.05) is 9.37 Å². The maximum absolute atomic E-state index is 12.0. The highest BCUT2D eigenvalue weighted by Crippen LogP contribution is 2.28. The number of hydrazine groups is 1. The standard InChI is InChI=1S/C18H19BrN2O2S/c1-11-9-17(12(2)8-16(11)19)24-10-18(23)21-20-13(3)14-4-6-15(22)7-5-14/h4-9,20,22H,3,10H2,1-2H3,(H,21,23). The minimum absolute atomic E-state index is 0.139. The number of phenols is 1. The van der Waals surface area contributed by atoms with Crippen molar-refractivity contribution >= 4 is 39.3 Å². The molecule has 6 heteroatoms. The first kappa shape index (κ1) is 18.4. The van der Waals surface area contributed by atoms with Gasteiger partial charge in [-0.25, -0.2) is 0 Å². The number of carbonyl (C=O) groups is 1. The van der Waals surface area contributed by atoms with Gasteiger partial charge in [0.1, 0.15) is 5.75 Å². The summed E-state index contributed by atoms with van der Waals surface area (Å²) in [4.78, 5) is 13.1. The number of benzene rings is 2. The van der Waals surface area contributed by atoms with Crippen LogP contribution in [0.1, 0.15) is 16.7 Å². The van der Waals surface area contributed by atoms with Gasteiger partial charge in [0.25, 0.3) is 0 Å². The maximum Gasteiger partial charge on any atom is 0.248 e. The highest BCUT2D eigenvalue weighted by Gasteiger charge is 2.07. The average Bonchev–Trinajstić information content (AvgIpc) is 2.55. The summed E-state index contributed by atoms with van der Waals surface area (Å²) >= 11 is 5.00. The monoisotopic (exact) mass is 406 g/mol. The minimum atomic E-state index is -0.139. The van der Waals surface area contributed by atoms with E-state index >= 15 is 0 Å². The topological polar surface area (TPSA) is 61.4 Å². The van der Waals surface area contributed by atoms with Gasteiger partial charge in [-0.3, -0.25) is 15.6 Å². The van der Waals surface area contributed by atoms with E-state index in [0.29, 0.717) is 11.4 Å². The molecular weight excluding hydrogens is 388 g/mol. The lowest BCUT2D eigenvalue weighted by molar-refractivity contribution is -0.119. The number of rotatable bonds is 6. The molecule has 0 aliphatic rings. The van der Waals surface area contributed by atoms with Gasteiger partial charge in [-0.15, -0.1) is 11.8 Å². The third kappa shape index (κ3) is 5.04. The molecule has 24 heavy (non-hydrogen) atoms. The lowest BCUT2D eigenvalue weighted by Gasteiger charge is -2.12. The van der Waals surface area contributed by atoms with Crippen LogP contribution >= 0.6 is 27.7 Å². The van der Waals surface area contributed by atoms with E-state index in [1.165, 1.54) is 11.8 Å². The fourth-order valence-corrected chi connectivity index (χ4v) is 3.33. The first-order valence-corrected chi connectivity index (χ1v) is 9.07. The average molecular weight is 407 g/mol. The van der Waals surface area contributed by atoms with Crippen molar-refractivity contribution in [2.75, 3.05) is 5.75 Å². The van der Waals surface area contributed by atoms with Gasteiger partial charge in [0.15, 0.2) is 0 Å². The molecule has 3 N–H and O–H groups in total. The summed E-state index contributed by atoms with van der Waals surface area (Å²) in [6.45, 7) is 7.91. The first-order chi connectivity index (χ1) is 11.4. The second-order valence-corrected chi connectivity index (χ2v) is 7.23. The largest absolute Gasteiger partial charge is 0.508 e. The summed E-state index contributed by atoms with van der Waals surface area (Å²) in [6, 6.07) is 10.7. The number of hydrogen-bond donors (Lipinski definition) is 3. The minimum Gasteiger partial charge on any atom is -0.508 e. The van der Waals surface area contributed by atoms with Crippen molar-refractivity contribution in [2.45, 2.75) is 18.7 Å². The Morgan fingerprint density at radius 2 is 1.83 bits per heavy atom. The normalized spacial score (nSPS) is 10.3. The second-order valence-electron chi connectivity index (χ2n) is 5.35. The molecule has 0 fully saturated rings. The van der Waals surface area contributed by atoms with Crippen LogP contribution in [0.2, 0.25) is 0 Å². The van der Waals surface area contributed by atoms with E-state index in [1.54, 1.807) is 24.3 Å². The molecule has 126 valence electrons. The molecule has 0 saturated carbocycles. The number of hydrogen-bond acceptors (Lipinski definition) is 4. The Kier molecular flexibility index (Phi) is 6.34. The van der Waals surface area contributed by atoms with Crippen molar-refractivity contribution in [1.29, 1.82) is 0 Å². The van der Waals surface area contributed by atoms with Crippen molar-refractivity contribution in [1.82, 2.24) is 10.9 Å². The zero-order chi connectivity index (χ0) is 17.7. The van der Waals surface area contributed by atoms with E-state index in [2.05, 4.69) is 45.5 Å². The second kappa shape index (κ2) is 8.26. The number of halogens is 1. The van der Waals surface area contributed by atoms with Crippen LogP contribution < -0.4 is 10.9 Å². The Morgan fingerprint density at radius 3 is 2.50 bits per heavy atom. The summed E-state index contributed by atoms with van der Waals surface area (Å²) < 4.78 is 1.07. The van der Waals surface area contributed by atoms with Crippen LogP contribution in [0.4, 0.5) is 0 Å². The summed E-state index contributed by atoms with van der Waals surface area (Å²) in [6.07, 6.45) is 0. The van der Waals surface area contributed by atoms with Gasteiger partial charge in [-0.05, 0) is 66.9 Å². The molecular formula is C18H19BrN2O2S. The first-order valence-electron chi connectivity index (χ1n) is 7.29. The van der Waals surface area contributed by atoms with Gasteiger partial charge in [0.2, 0.25) is 5.91 Å². The van der Waals surface area contributed by atoms with Crippen LogP contribution in [0, 0.1) is 13.8 Å². The molecule has 0 bridgehead atoms. The molecule has 0 saturated heterocycles. The number of aromatic hydroxyl groups is 1. The van der Waals surface area contributed by atoms with Gasteiger partial charge in [-0.1, -0.05) is 22.5 Å². The SMILES string of the molecule is C=C(NNC(=O)CSc1cc(C)c(Br)cc1C)c1ccc(O)cc1. The van der Waals surface area contributed by atoms with E-state index in [-0.39, 0.29) is 11.7 Å². The van der Waals surface area contributed by atoms with Crippen LogP contribution in [0.25, 0.3) is 5.70 Å². The third-order valence-electron chi connectivity index (χ3n) is 3.38. The number of thioether (sulfide) groups is 1. The molecule has 0 aromatic heterocycles. The van der Waals surface area contributed by atoms with Crippen molar-refractivity contribution < 1.29 is 9.90 Å². The molecule has 0 unspecified atom stereocenters. The molecule has 2 aromatic rings. The Labute approximate surface area is 154 Å². The Hall–Kier alpha value is -1.92. The molecule has 2 aromatic carbocycles. The Bertz CT molecular complexity index is 760. The van der Waals surface area contributed by atoms with E-state index in [0.717, 1.165) is 26.1 Å². The van der Waals surface area contributed by atoms with E-state index in [4.69, 9.17) is 0 Å². The number of aryl methyl sites for hydroxylation is 2. The smallest absolute Gasteiger partial charge is 0.248 e. The van der Waals surface area contributed by atoms with Gasteiger partial charge in [-0.2, -0.15) is 0 Å². The summed E-state index contributed by atoms with van der Waals surface area (Å²) in [5.74, 6) is 0.352. The number of carbonyl (C=O) groups excluding carboxylic acids is 1. The van der Waals surface area contributed by atoms with Crippen molar-refractivity contribution in [2.24, 2.45) is 0 Å². The molecule has 0 heterocycles. The van der Waals surface area contributed by atoms with Crippen molar-refractivity contribution in [3.05, 3.63) is 64.1 Å². The van der Waals surface area contributed by atoms with Crippen LogP contribution in [0.15, 0.2) is 52.3 Å². The molecule has 0 spiro atoms. The van der Waals surface area contributed by atoms with Crippen molar-refractivity contribution in [3.63, 3.8) is 0 Å². The van der Waals surface area contributed by atoms with Gasteiger partial charge >= 0.3 is 0 Å². The molecule has 1 amide bonds. The molecule has 0 aliphatic carbocycles. The molecule has 4 nitrogen and oxygen atoms in total.